The highest BCUT2D eigenvalue weighted by Crippen LogP contribution is 2.26. The molecule has 0 amide bonds. The second kappa shape index (κ2) is 6.31. The Bertz CT molecular complexity index is 792. The summed E-state index contributed by atoms with van der Waals surface area (Å²) in [5.41, 5.74) is 6.56. The largest absolute Gasteiger partial charge is 0.389 e. The lowest BCUT2D eigenvalue weighted by atomic mass is 10.2. The zero-order valence-electron chi connectivity index (χ0n) is 10.5. The molecular formula is C13H10BrClN2O2S2. The average molecular weight is 406 g/mol. The first kappa shape index (κ1) is 16.2. The van der Waals surface area contributed by atoms with Crippen LogP contribution < -0.4 is 10.5 Å². The molecule has 0 unspecified atom stereocenters. The molecule has 0 saturated carbocycles. The monoisotopic (exact) mass is 404 g/mol. The van der Waals surface area contributed by atoms with Gasteiger partial charge in [0.15, 0.2) is 0 Å². The minimum Gasteiger partial charge on any atom is -0.389 e. The molecule has 21 heavy (non-hydrogen) atoms. The molecule has 0 spiro atoms. The third-order valence-corrected chi connectivity index (χ3v) is 5.15. The molecule has 3 N–H and O–H groups in total. The summed E-state index contributed by atoms with van der Waals surface area (Å²) in [4.78, 5) is 0.361. The molecule has 8 heteroatoms. The van der Waals surface area contributed by atoms with Crippen molar-refractivity contribution in [2.75, 3.05) is 4.72 Å². The summed E-state index contributed by atoms with van der Waals surface area (Å²) in [5, 5.41) is 0.468. The first-order valence-corrected chi connectivity index (χ1v) is 8.73. The molecule has 0 aromatic heterocycles. The molecule has 0 aliphatic rings. The molecule has 0 aliphatic carbocycles. The second-order valence-electron chi connectivity index (χ2n) is 4.12. The molecule has 0 radical (unpaired) electrons. The maximum Gasteiger partial charge on any atom is 0.261 e. The van der Waals surface area contributed by atoms with Crippen LogP contribution in [0.3, 0.4) is 0 Å². The highest BCUT2D eigenvalue weighted by molar-refractivity contribution is 9.10. The van der Waals surface area contributed by atoms with Crippen molar-refractivity contribution < 1.29 is 8.42 Å². The minimum atomic E-state index is -3.69. The molecule has 0 bridgehead atoms. The Labute approximate surface area is 141 Å². The maximum atomic E-state index is 12.3. The van der Waals surface area contributed by atoms with E-state index in [-0.39, 0.29) is 9.88 Å². The van der Waals surface area contributed by atoms with E-state index in [1.54, 1.807) is 18.2 Å². The van der Waals surface area contributed by atoms with Crippen LogP contribution in [0.1, 0.15) is 5.56 Å². The van der Waals surface area contributed by atoms with E-state index in [9.17, 15) is 8.42 Å². The Morgan fingerprint density at radius 3 is 2.33 bits per heavy atom. The van der Waals surface area contributed by atoms with Crippen LogP contribution in [0.5, 0.6) is 0 Å². The maximum absolute atomic E-state index is 12.3. The number of nitrogens with one attached hydrogen (secondary N) is 1. The van der Waals surface area contributed by atoms with Gasteiger partial charge in [-0.25, -0.2) is 8.42 Å². The van der Waals surface area contributed by atoms with Gasteiger partial charge in [-0.05, 0) is 58.4 Å². The van der Waals surface area contributed by atoms with E-state index in [0.29, 0.717) is 20.7 Å². The molecule has 0 fully saturated rings. The van der Waals surface area contributed by atoms with Gasteiger partial charge in [-0.15, -0.1) is 0 Å². The van der Waals surface area contributed by atoms with E-state index < -0.39 is 10.0 Å². The standard InChI is InChI=1S/C13H10BrClN2O2S2/c14-11-7-8(13(16)20)1-6-12(11)17-21(18,19)10-4-2-9(15)3-5-10/h1-7,17H,(H2,16,20). The van der Waals surface area contributed by atoms with E-state index in [2.05, 4.69) is 20.7 Å². The summed E-state index contributed by atoms with van der Waals surface area (Å²) in [5.74, 6) is 0. The molecule has 2 rings (SSSR count). The van der Waals surface area contributed by atoms with Crippen molar-refractivity contribution in [1.82, 2.24) is 0 Å². The van der Waals surface area contributed by atoms with Crippen molar-refractivity contribution in [3.63, 3.8) is 0 Å². The van der Waals surface area contributed by atoms with Gasteiger partial charge in [0.25, 0.3) is 10.0 Å². The van der Waals surface area contributed by atoms with Crippen molar-refractivity contribution in [2.45, 2.75) is 4.90 Å². The lowest BCUT2D eigenvalue weighted by Crippen LogP contribution is -2.14. The number of hydrogen-bond donors (Lipinski definition) is 2. The number of halogens is 2. The molecule has 2 aromatic carbocycles. The Hall–Kier alpha value is -1.15. The third-order valence-electron chi connectivity index (χ3n) is 2.62. The highest BCUT2D eigenvalue weighted by Gasteiger charge is 2.15. The van der Waals surface area contributed by atoms with E-state index in [0.717, 1.165) is 0 Å². The minimum absolute atomic E-state index is 0.122. The Morgan fingerprint density at radius 1 is 1.19 bits per heavy atom. The zero-order valence-corrected chi connectivity index (χ0v) is 14.5. The van der Waals surface area contributed by atoms with Crippen molar-refractivity contribution in [3.8, 4) is 0 Å². The Morgan fingerprint density at radius 2 is 1.81 bits per heavy atom. The van der Waals surface area contributed by atoms with Crippen molar-refractivity contribution >= 4 is 60.4 Å². The van der Waals surface area contributed by atoms with Crippen LogP contribution in [0, 0.1) is 0 Å². The van der Waals surface area contributed by atoms with Crippen molar-refractivity contribution in [2.24, 2.45) is 5.73 Å². The summed E-state index contributed by atoms with van der Waals surface area (Å²) in [6.45, 7) is 0. The van der Waals surface area contributed by atoms with Crippen LogP contribution in [0.25, 0.3) is 0 Å². The van der Waals surface area contributed by atoms with Crippen LogP contribution >= 0.6 is 39.7 Å². The third kappa shape index (κ3) is 3.94. The average Bonchev–Trinajstić information content (AvgIpc) is 2.41. The van der Waals surface area contributed by atoms with Gasteiger partial charge in [0, 0.05) is 15.1 Å². The summed E-state index contributed by atoms with van der Waals surface area (Å²) in [6, 6.07) is 10.8. The van der Waals surface area contributed by atoms with Gasteiger partial charge in [0.2, 0.25) is 0 Å². The quantitative estimate of drug-likeness (QED) is 0.763. The first-order valence-electron chi connectivity index (χ1n) is 5.67. The second-order valence-corrected chi connectivity index (χ2v) is 7.53. The SMILES string of the molecule is NC(=S)c1ccc(NS(=O)(=O)c2ccc(Cl)cc2)c(Br)c1. The summed E-state index contributed by atoms with van der Waals surface area (Å²) >= 11 is 13.9. The fourth-order valence-electron chi connectivity index (χ4n) is 1.57. The number of rotatable bonds is 4. The number of nitrogens with two attached hydrogens (primary N) is 1. The Balaban J connectivity index is 2.32. The summed E-state index contributed by atoms with van der Waals surface area (Å²) < 4.78 is 27.6. The van der Waals surface area contributed by atoms with Crippen LogP contribution in [-0.4, -0.2) is 13.4 Å². The van der Waals surface area contributed by atoms with Gasteiger partial charge < -0.3 is 5.73 Å². The zero-order chi connectivity index (χ0) is 15.6. The van der Waals surface area contributed by atoms with E-state index in [4.69, 9.17) is 29.6 Å². The molecule has 0 heterocycles. The topological polar surface area (TPSA) is 72.2 Å². The van der Waals surface area contributed by atoms with E-state index in [1.807, 2.05) is 0 Å². The van der Waals surface area contributed by atoms with Crippen LogP contribution in [-0.2, 0) is 10.0 Å². The number of benzene rings is 2. The number of hydrogen-bond acceptors (Lipinski definition) is 3. The summed E-state index contributed by atoms with van der Waals surface area (Å²) in [7, 11) is -3.69. The van der Waals surface area contributed by atoms with Gasteiger partial charge >= 0.3 is 0 Å². The lowest BCUT2D eigenvalue weighted by Gasteiger charge is -2.11. The normalized spacial score (nSPS) is 11.1. The van der Waals surface area contributed by atoms with Crippen molar-refractivity contribution in [1.29, 1.82) is 0 Å². The van der Waals surface area contributed by atoms with Gasteiger partial charge in [-0.3, -0.25) is 4.72 Å². The highest BCUT2D eigenvalue weighted by atomic mass is 79.9. The van der Waals surface area contributed by atoms with Crippen molar-refractivity contribution in [3.05, 3.63) is 57.5 Å². The molecule has 0 atom stereocenters. The van der Waals surface area contributed by atoms with Crippen LogP contribution in [0.15, 0.2) is 51.8 Å². The molecule has 0 aliphatic heterocycles. The van der Waals surface area contributed by atoms with Gasteiger partial charge in [-0.1, -0.05) is 23.8 Å². The number of thiocarbonyl (C=S) groups is 1. The Kier molecular flexibility index (Phi) is 4.88. The molecule has 4 nitrogen and oxygen atoms in total. The molecule has 110 valence electrons. The fraction of sp³-hybridized carbons (Fsp3) is 0. The smallest absolute Gasteiger partial charge is 0.261 e. The van der Waals surface area contributed by atoms with Gasteiger partial charge in [0.05, 0.1) is 10.6 Å². The van der Waals surface area contributed by atoms with Gasteiger partial charge in [0.1, 0.15) is 4.99 Å². The number of sulfonamides is 1. The van der Waals surface area contributed by atoms with Gasteiger partial charge in [-0.2, -0.15) is 0 Å². The lowest BCUT2D eigenvalue weighted by molar-refractivity contribution is 0.601. The van der Waals surface area contributed by atoms with E-state index in [1.165, 1.54) is 24.3 Å². The summed E-state index contributed by atoms with van der Waals surface area (Å²) in [6.07, 6.45) is 0. The van der Waals surface area contributed by atoms with Crippen LogP contribution in [0.4, 0.5) is 5.69 Å². The molecule has 0 saturated heterocycles. The number of anilines is 1. The fourth-order valence-corrected chi connectivity index (χ4v) is 3.51. The van der Waals surface area contributed by atoms with E-state index >= 15 is 0 Å². The van der Waals surface area contributed by atoms with Crippen LogP contribution in [0.2, 0.25) is 5.02 Å². The predicted octanol–water partition coefficient (Wildman–Crippen LogP) is 3.54. The molecule has 2 aromatic rings. The molecular weight excluding hydrogens is 396 g/mol. The first-order chi connectivity index (χ1) is 9.79. The predicted molar refractivity (Wildman–Crippen MR) is 92.3 cm³/mol.